The van der Waals surface area contributed by atoms with Crippen molar-refractivity contribution in [2.75, 3.05) is 13.4 Å². The van der Waals surface area contributed by atoms with E-state index in [-0.39, 0.29) is 6.29 Å². The Bertz CT molecular complexity index is 127. The van der Waals surface area contributed by atoms with E-state index in [1.165, 1.54) is 0 Å². The molecule has 4 N–H and O–H groups in total. The number of hydrogen-bond donors (Lipinski definition) is 4. The van der Waals surface area contributed by atoms with Gasteiger partial charge in [-0.15, -0.1) is 0 Å². The summed E-state index contributed by atoms with van der Waals surface area (Å²) >= 11 is 0. The Labute approximate surface area is 69.0 Å². The zero-order valence-corrected chi connectivity index (χ0v) is 6.33. The van der Waals surface area contributed by atoms with E-state index < -0.39 is 31.7 Å². The highest BCUT2D eigenvalue weighted by molar-refractivity contribution is 5.57. The fraction of sp³-hybridized carbons (Fsp3) is 0.833. The van der Waals surface area contributed by atoms with Gasteiger partial charge in [0.05, 0.1) is 6.61 Å². The molecule has 0 amide bonds. The highest BCUT2D eigenvalue weighted by atomic mass is 16.6. The Morgan fingerprint density at radius 3 is 2.25 bits per heavy atom. The molecule has 0 aliphatic rings. The maximum absolute atomic E-state index is 10.2. The number of rotatable bonds is 6. The van der Waals surface area contributed by atoms with Crippen molar-refractivity contribution < 1.29 is 30.0 Å². The molecule has 6 heteroatoms. The minimum atomic E-state index is -1.53. The average molecular weight is 180 g/mol. The smallest absolute Gasteiger partial charge is 0.151 e. The molecule has 0 saturated heterocycles. The molecule has 3 atom stereocenters. The van der Waals surface area contributed by atoms with Crippen LogP contribution in [0.2, 0.25) is 0 Å². The van der Waals surface area contributed by atoms with Gasteiger partial charge in [-0.2, -0.15) is 0 Å². The molecular formula is C6H12O6. The quantitative estimate of drug-likeness (QED) is 0.260. The van der Waals surface area contributed by atoms with E-state index in [1.807, 2.05) is 0 Å². The van der Waals surface area contributed by atoms with E-state index >= 15 is 0 Å². The minimum Gasteiger partial charge on any atom is -0.394 e. The van der Waals surface area contributed by atoms with Gasteiger partial charge < -0.3 is 30.0 Å². The Balaban J connectivity index is 4.00. The van der Waals surface area contributed by atoms with Gasteiger partial charge in [0.2, 0.25) is 0 Å². The number of carbonyl (C=O) groups excluding carboxylic acids is 1. The number of aldehydes is 1. The first kappa shape index (κ1) is 11.5. The molecule has 0 rings (SSSR count). The van der Waals surface area contributed by atoms with Crippen LogP contribution in [0.3, 0.4) is 0 Å². The van der Waals surface area contributed by atoms with Crippen LogP contribution in [-0.4, -0.2) is 58.4 Å². The van der Waals surface area contributed by atoms with E-state index in [0.717, 1.165) is 0 Å². The third-order valence-electron chi connectivity index (χ3n) is 1.32. The van der Waals surface area contributed by atoms with Crippen LogP contribution in [0.5, 0.6) is 0 Å². The fourth-order valence-electron chi connectivity index (χ4n) is 0.631. The Morgan fingerprint density at radius 2 is 1.92 bits per heavy atom. The summed E-state index contributed by atoms with van der Waals surface area (Å²) < 4.78 is 4.34. The predicted octanol–water partition coefficient (Wildman–Crippen LogP) is -2.77. The van der Waals surface area contributed by atoms with Crippen molar-refractivity contribution in [2.45, 2.75) is 18.3 Å². The molecule has 0 radical (unpaired) electrons. The summed E-state index contributed by atoms with van der Waals surface area (Å²) in [4.78, 5) is 10.2. The second-order valence-corrected chi connectivity index (χ2v) is 2.14. The molecular weight excluding hydrogens is 168 g/mol. The molecule has 0 aromatic heterocycles. The maximum atomic E-state index is 10.2. The summed E-state index contributed by atoms with van der Waals surface area (Å²) in [5.41, 5.74) is 0. The lowest BCUT2D eigenvalue weighted by atomic mass is 10.1. The van der Waals surface area contributed by atoms with Crippen molar-refractivity contribution in [1.29, 1.82) is 0 Å². The van der Waals surface area contributed by atoms with Crippen molar-refractivity contribution in [1.82, 2.24) is 0 Å². The standard InChI is InChI=1S/C6H12O6/c7-1-4(10)6(11)5(2-8)12-3-9/h2,4-7,9-11H,1,3H2/t4-,5-,6+/m1/s1. The molecule has 6 nitrogen and oxygen atoms in total. The fourth-order valence-corrected chi connectivity index (χ4v) is 0.631. The number of carbonyl (C=O) groups is 1. The van der Waals surface area contributed by atoms with Crippen LogP contribution >= 0.6 is 0 Å². The average Bonchev–Trinajstić information content (AvgIpc) is 2.11. The molecule has 0 saturated carbocycles. The van der Waals surface area contributed by atoms with Gasteiger partial charge in [-0.3, -0.25) is 0 Å². The zero-order chi connectivity index (χ0) is 9.56. The van der Waals surface area contributed by atoms with Crippen LogP contribution in [0.1, 0.15) is 0 Å². The first-order valence-corrected chi connectivity index (χ1v) is 3.32. The van der Waals surface area contributed by atoms with Crippen LogP contribution in [0.4, 0.5) is 0 Å². The Morgan fingerprint density at radius 1 is 1.33 bits per heavy atom. The third-order valence-corrected chi connectivity index (χ3v) is 1.32. The molecule has 0 aromatic rings. The summed E-state index contributed by atoms with van der Waals surface area (Å²) in [5.74, 6) is 0. The number of aliphatic hydroxyl groups excluding tert-OH is 4. The van der Waals surface area contributed by atoms with Crippen LogP contribution in [0, 0.1) is 0 Å². The maximum Gasteiger partial charge on any atom is 0.151 e. The molecule has 0 fully saturated rings. The van der Waals surface area contributed by atoms with Gasteiger partial charge in [0, 0.05) is 0 Å². The minimum absolute atomic E-state index is 0.236. The molecule has 0 heterocycles. The highest BCUT2D eigenvalue weighted by Crippen LogP contribution is 2.01. The zero-order valence-electron chi connectivity index (χ0n) is 6.33. The van der Waals surface area contributed by atoms with Crippen LogP contribution < -0.4 is 0 Å². The highest BCUT2D eigenvalue weighted by Gasteiger charge is 2.25. The molecule has 0 aliphatic carbocycles. The third kappa shape index (κ3) is 3.24. The predicted molar refractivity (Wildman–Crippen MR) is 37.1 cm³/mol. The summed E-state index contributed by atoms with van der Waals surface area (Å²) in [6, 6.07) is 0. The van der Waals surface area contributed by atoms with Crippen LogP contribution in [-0.2, 0) is 9.53 Å². The molecule has 72 valence electrons. The topological polar surface area (TPSA) is 107 Å². The molecule has 0 bridgehead atoms. The lowest BCUT2D eigenvalue weighted by Gasteiger charge is -2.20. The van der Waals surface area contributed by atoms with E-state index in [2.05, 4.69) is 4.74 Å². The second-order valence-electron chi connectivity index (χ2n) is 2.14. The van der Waals surface area contributed by atoms with Crippen LogP contribution in [0.15, 0.2) is 0 Å². The van der Waals surface area contributed by atoms with Crippen molar-refractivity contribution in [3.63, 3.8) is 0 Å². The summed E-state index contributed by atoms with van der Waals surface area (Å²) in [6.45, 7) is -1.42. The Kier molecular flexibility index (Phi) is 5.77. The largest absolute Gasteiger partial charge is 0.394 e. The van der Waals surface area contributed by atoms with E-state index in [9.17, 15) is 4.79 Å². The van der Waals surface area contributed by atoms with Gasteiger partial charge in [0.25, 0.3) is 0 Å². The molecule has 12 heavy (non-hydrogen) atoms. The van der Waals surface area contributed by atoms with Gasteiger partial charge in [-0.1, -0.05) is 0 Å². The van der Waals surface area contributed by atoms with E-state index in [0.29, 0.717) is 0 Å². The Hall–Kier alpha value is -0.530. The summed E-state index contributed by atoms with van der Waals surface area (Å²) in [5, 5.41) is 34.5. The van der Waals surface area contributed by atoms with Crippen molar-refractivity contribution in [3.05, 3.63) is 0 Å². The van der Waals surface area contributed by atoms with Crippen molar-refractivity contribution in [3.8, 4) is 0 Å². The molecule has 0 unspecified atom stereocenters. The van der Waals surface area contributed by atoms with E-state index in [1.54, 1.807) is 0 Å². The van der Waals surface area contributed by atoms with E-state index in [4.69, 9.17) is 20.4 Å². The SMILES string of the molecule is O=C[C@@H](OCO)[C@@H](O)[C@H](O)CO. The second kappa shape index (κ2) is 6.04. The number of ether oxygens (including phenoxy) is 1. The molecule has 0 aromatic carbocycles. The van der Waals surface area contributed by atoms with Gasteiger partial charge in [0.15, 0.2) is 6.29 Å². The molecule has 0 aliphatic heterocycles. The van der Waals surface area contributed by atoms with Gasteiger partial charge in [0.1, 0.15) is 25.1 Å². The van der Waals surface area contributed by atoms with Crippen molar-refractivity contribution in [2.24, 2.45) is 0 Å². The summed E-state index contributed by atoms with van der Waals surface area (Å²) in [7, 11) is 0. The normalized spacial score (nSPS) is 18.3. The van der Waals surface area contributed by atoms with Gasteiger partial charge in [-0.05, 0) is 0 Å². The van der Waals surface area contributed by atoms with Crippen LogP contribution in [0.25, 0.3) is 0 Å². The first-order valence-electron chi connectivity index (χ1n) is 3.32. The summed E-state index contributed by atoms with van der Waals surface area (Å²) in [6.07, 6.45) is -4.07. The van der Waals surface area contributed by atoms with Crippen molar-refractivity contribution >= 4 is 6.29 Å². The lowest BCUT2D eigenvalue weighted by molar-refractivity contribution is -0.150. The first-order chi connectivity index (χ1) is 5.67. The number of hydrogen-bond acceptors (Lipinski definition) is 6. The van der Waals surface area contributed by atoms with Gasteiger partial charge in [-0.25, -0.2) is 0 Å². The lowest BCUT2D eigenvalue weighted by Crippen LogP contribution is -2.42. The monoisotopic (exact) mass is 180 g/mol. The van der Waals surface area contributed by atoms with Gasteiger partial charge >= 0.3 is 0 Å². The molecule has 0 spiro atoms. The number of aliphatic hydroxyl groups is 4.